The summed E-state index contributed by atoms with van der Waals surface area (Å²) >= 11 is 3.46. The second kappa shape index (κ2) is 6.40. The van der Waals surface area contributed by atoms with Crippen molar-refractivity contribution in [3.63, 3.8) is 0 Å². The summed E-state index contributed by atoms with van der Waals surface area (Å²) in [6.45, 7) is 6.36. The van der Waals surface area contributed by atoms with Gasteiger partial charge in [-0.25, -0.2) is 0 Å². The van der Waals surface area contributed by atoms with Crippen LogP contribution in [0.25, 0.3) is 10.8 Å². The van der Waals surface area contributed by atoms with E-state index in [2.05, 4.69) is 48.1 Å². The van der Waals surface area contributed by atoms with Crippen LogP contribution >= 0.6 is 15.9 Å². The van der Waals surface area contributed by atoms with Gasteiger partial charge in [0, 0.05) is 16.1 Å². The number of nitrogens with one attached hydrogen (secondary N) is 1. The van der Waals surface area contributed by atoms with Crippen LogP contribution in [0.5, 0.6) is 0 Å². The fraction of sp³-hybridized carbons (Fsp3) is 0.353. The van der Waals surface area contributed by atoms with Gasteiger partial charge in [0.05, 0.1) is 0 Å². The van der Waals surface area contributed by atoms with Gasteiger partial charge in [0.25, 0.3) is 5.91 Å². The summed E-state index contributed by atoms with van der Waals surface area (Å²) < 4.78 is 1.05. The lowest BCUT2D eigenvalue weighted by molar-refractivity contribution is 0.0925. The molecule has 1 atom stereocenters. The van der Waals surface area contributed by atoms with E-state index in [1.54, 1.807) is 0 Å². The van der Waals surface area contributed by atoms with E-state index in [9.17, 15) is 4.79 Å². The van der Waals surface area contributed by atoms with Crippen molar-refractivity contribution < 1.29 is 4.79 Å². The molecule has 0 aromatic heterocycles. The number of carbonyl (C=O) groups excluding carboxylic acids is 1. The Labute approximate surface area is 128 Å². The van der Waals surface area contributed by atoms with Crippen LogP contribution in [0.4, 0.5) is 0 Å². The standard InChI is InChI=1S/C17H20BrNO/c1-4-16(11(2)3)19-17(20)14-6-5-13-10-15(18)8-7-12(13)9-14/h5-11,16H,4H2,1-3H3,(H,19,20). The lowest BCUT2D eigenvalue weighted by Gasteiger charge is -2.20. The minimum Gasteiger partial charge on any atom is -0.349 e. The molecule has 0 aliphatic heterocycles. The Kier molecular flexibility index (Phi) is 4.81. The highest BCUT2D eigenvalue weighted by Gasteiger charge is 2.15. The topological polar surface area (TPSA) is 29.1 Å². The molecule has 2 nitrogen and oxygen atoms in total. The number of hydrogen-bond donors (Lipinski definition) is 1. The van der Waals surface area contributed by atoms with E-state index in [4.69, 9.17) is 0 Å². The quantitative estimate of drug-likeness (QED) is 0.858. The van der Waals surface area contributed by atoms with E-state index in [0.29, 0.717) is 5.92 Å². The molecule has 1 amide bonds. The molecule has 20 heavy (non-hydrogen) atoms. The van der Waals surface area contributed by atoms with Gasteiger partial charge in [0.2, 0.25) is 0 Å². The maximum absolute atomic E-state index is 12.3. The zero-order valence-electron chi connectivity index (χ0n) is 12.1. The normalized spacial score (nSPS) is 12.7. The second-order valence-electron chi connectivity index (χ2n) is 5.44. The molecule has 2 aromatic carbocycles. The van der Waals surface area contributed by atoms with Crippen molar-refractivity contribution in [2.45, 2.75) is 33.2 Å². The Morgan fingerprint density at radius 3 is 2.45 bits per heavy atom. The number of amides is 1. The molecule has 0 bridgehead atoms. The highest BCUT2D eigenvalue weighted by Crippen LogP contribution is 2.21. The summed E-state index contributed by atoms with van der Waals surface area (Å²) in [5.41, 5.74) is 0.721. The second-order valence-corrected chi connectivity index (χ2v) is 6.35. The molecule has 0 aliphatic carbocycles. The zero-order valence-corrected chi connectivity index (χ0v) is 13.7. The Balaban J connectivity index is 2.24. The summed E-state index contributed by atoms with van der Waals surface area (Å²) in [6, 6.07) is 12.1. The van der Waals surface area contributed by atoms with Crippen LogP contribution < -0.4 is 5.32 Å². The summed E-state index contributed by atoms with van der Waals surface area (Å²) in [4.78, 5) is 12.3. The van der Waals surface area contributed by atoms with Crippen molar-refractivity contribution in [3.8, 4) is 0 Å². The van der Waals surface area contributed by atoms with Gasteiger partial charge < -0.3 is 5.32 Å². The van der Waals surface area contributed by atoms with Crippen LogP contribution in [0.15, 0.2) is 40.9 Å². The van der Waals surface area contributed by atoms with Gasteiger partial charge >= 0.3 is 0 Å². The van der Waals surface area contributed by atoms with Crippen molar-refractivity contribution in [1.82, 2.24) is 5.32 Å². The van der Waals surface area contributed by atoms with E-state index in [-0.39, 0.29) is 11.9 Å². The van der Waals surface area contributed by atoms with E-state index in [1.165, 1.54) is 0 Å². The summed E-state index contributed by atoms with van der Waals surface area (Å²) in [7, 11) is 0. The van der Waals surface area contributed by atoms with Crippen molar-refractivity contribution in [2.75, 3.05) is 0 Å². The Bertz CT molecular complexity index is 621. The highest BCUT2D eigenvalue weighted by molar-refractivity contribution is 9.10. The minimum atomic E-state index is 0.00960. The van der Waals surface area contributed by atoms with E-state index in [1.807, 2.05) is 30.3 Å². The third-order valence-electron chi connectivity index (χ3n) is 3.63. The Morgan fingerprint density at radius 2 is 1.80 bits per heavy atom. The first-order valence-corrected chi connectivity index (χ1v) is 7.80. The smallest absolute Gasteiger partial charge is 0.251 e. The van der Waals surface area contributed by atoms with Gasteiger partial charge in [-0.1, -0.05) is 48.8 Å². The van der Waals surface area contributed by atoms with E-state index < -0.39 is 0 Å². The van der Waals surface area contributed by atoms with Crippen LogP contribution in [-0.2, 0) is 0 Å². The first kappa shape index (κ1) is 15.0. The molecule has 1 N–H and O–H groups in total. The van der Waals surface area contributed by atoms with Crippen LogP contribution in [-0.4, -0.2) is 11.9 Å². The number of halogens is 1. The first-order chi connectivity index (χ1) is 9.51. The van der Waals surface area contributed by atoms with Crippen LogP contribution in [0.1, 0.15) is 37.6 Å². The molecule has 0 aliphatic rings. The third kappa shape index (κ3) is 3.40. The molecule has 1 unspecified atom stereocenters. The molecule has 0 saturated carbocycles. The van der Waals surface area contributed by atoms with Gasteiger partial charge in [0.15, 0.2) is 0 Å². The average Bonchev–Trinajstić information content (AvgIpc) is 2.43. The fourth-order valence-electron chi connectivity index (χ4n) is 2.35. The lowest BCUT2D eigenvalue weighted by Crippen LogP contribution is -2.37. The number of benzene rings is 2. The molecule has 0 saturated heterocycles. The van der Waals surface area contributed by atoms with Gasteiger partial charge in [-0.2, -0.15) is 0 Å². The molecule has 0 heterocycles. The number of rotatable bonds is 4. The molecule has 2 rings (SSSR count). The summed E-state index contributed by atoms with van der Waals surface area (Å²) in [5.74, 6) is 0.454. The monoisotopic (exact) mass is 333 g/mol. The predicted octanol–water partition coefficient (Wildman–Crippen LogP) is 4.77. The fourth-order valence-corrected chi connectivity index (χ4v) is 2.73. The molecule has 0 radical (unpaired) electrons. The summed E-state index contributed by atoms with van der Waals surface area (Å²) in [5, 5.41) is 5.32. The van der Waals surface area contributed by atoms with Crippen molar-refractivity contribution in [1.29, 1.82) is 0 Å². The van der Waals surface area contributed by atoms with Gasteiger partial charge in [-0.15, -0.1) is 0 Å². The molecular formula is C17H20BrNO. The highest BCUT2D eigenvalue weighted by atomic mass is 79.9. The molecule has 0 spiro atoms. The molecule has 2 aromatic rings. The van der Waals surface area contributed by atoms with Gasteiger partial charge in [0.1, 0.15) is 0 Å². The molecule has 3 heteroatoms. The molecule has 106 valence electrons. The van der Waals surface area contributed by atoms with Crippen molar-refractivity contribution in [2.24, 2.45) is 5.92 Å². The maximum Gasteiger partial charge on any atom is 0.251 e. The SMILES string of the molecule is CCC(NC(=O)c1ccc2cc(Br)ccc2c1)C(C)C. The largest absolute Gasteiger partial charge is 0.349 e. The number of carbonyl (C=O) groups is 1. The first-order valence-electron chi connectivity index (χ1n) is 7.01. The third-order valence-corrected chi connectivity index (χ3v) is 4.12. The van der Waals surface area contributed by atoms with E-state index >= 15 is 0 Å². The van der Waals surface area contributed by atoms with Crippen LogP contribution in [0.3, 0.4) is 0 Å². The van der Waals surface area contributed by atoms with Crippen molar-refractivity contribution in [3.05, 3.63) is 46.4 Å². The number of hydrogen-bond acceptors (Lipinski definition) is 1. The Morgan fingerprint density at radius 1 is 1.15 bits per heavy atom. The average molecular weight is 334 g/mol. The number of fused-ring (bicyclic) bond motifs is 1. The summed E-state index contributed by atoms with van der Waals surface area (Å²) in [6.07, 6.45) is 0.948. The van der Waals surface area contributed by atoms with Gasteiger partial charge in [-0.3, -0.25) is 4.79 Å². The van der Waals surface area contributed by atoms with Crippen molar-refractivity contribution >= 4 is 32.6 Å². The minimum absolute atomic E-state index is 0.00960. The Hall–Kier alpha value is -1.35. The zero-order chi connectivity index (χ0) is 14.7. The predicted molar refractivity (Wildman–Crippen MR) is 88.0 cm³/mol. The lowest BCUT2D eigenvalue weighted by atomic mass is 10.0. The van der Waals surface area contributed by atoms with E-state index in [0.717, 1.165) is 27.2 Å². The molecule has 0 fully saturated rings. The van der Waals surface area contributed by atoms with Crippen LogP contribution in [0.2, 0.25) is 0 Å². The van der Waals surface area contributed by atoms with Gasteiger partial charge in [-0.05, 0) is 47.4 Å². The molecular weight excluding hydrogens is 314 g/mol. The maximum atomic E-state index is 12.3. The van der Waals surface area contributed by atoms with Crippen LogP contribution in [0, 0.1) is 5.92 Å².